The molecule has 14 nitrogen and oxygen atoms in total. The maximum atomic E-state index is 12.6. The number of likely N-dealkylation sites (tertiary alicyclic amines) is 1. The fraction of sp³-hybridized carbons (Fsp3) is 0.647. The minimum atomic E-state index is -1.09. The van der Waals surface area contributed by atoms with Crippen molar-refractivity contribution in [2.45, 2.75) is 95.2 Å². The monoisotopic (exact) mass is 667 g/mol. The lowest BCUT2D eigenvalue weighted by Gasteiger charge is -2.33. The van der Waals surface area contributed by atoms with Crippen LogP contribution in [0.5, 0.6) is 0 Å². The number of nitrogens with zero attached hydrogens (tertiary/aromatic N) is 4. The highest BCUT2D eigenvalue weighted by Gasteiger charge is 2.25. The van der Waals surface area contributed by atoms with Crippen LogP contribution in [0.4, 0.5) is 11.8 Å². The number of hydrogen-bond acceptors (Lipinski definition) is 12. The number of hydrogen-bond donors (Lipinski definition) is 8. The second kappa shape index (κ2) is 19.9. The zero-order valence-corrected chi connectivity index (χ0v) is 28.3. The summed E-state index contributed by atoms with van der Waals surface area (Å²) in [5, 5.41) is 25.6. The van der Waals surface area contributed by atoms with Crippen molar-refractivity contribution in [3.05, 3.63) is 36.2 Å². The van der Waals surface area contributed by atoms with E-state index in [0.29, 0.717) is 32.1 Å². The molecule has 0 radical (unpaired) electrons. The third-order valence-electron chi connectivity index (χ3n) is 9.15. The van der Waals surface area contributed by atoms with Gasteiger partial charge in [0, 0.05) is 55.4 Å². The van der Waals surface area contributed by atoms with Crippen molar-refractivity contribution < 1.29 is 14.7 Å². The Labute approximate surface area is 284 Å². The van der Waals surface area contributed by atoms with Gasteiger partial charge in [0.2, 0.25) is 11.9 Å². The molecule has 14 heteroatoms. The third kappa shape index (κ3) is 12.7. The smallest absolute Gasteiger partial charge is 0.320 e. The molecular weight excluding hydrogens is 610 g/mol. The average Bonchev–Trinajstić information content (AvgIpc) is 3.09. The minimum Gasteiger partial charge on any atom is -0.480 e. The molecule has 1 saturated carbocycles. The van der Waals surface area contributed by atoms with Crippen molar-refractivity contribution >= 4 is 34.5 Å². The number of carbonyl (C=O) groups excluding carboxylic acids is 1. The first-order chi connectivity index (χ1) is 23.3. The van der Waals surface area contributed by atoms with Crippen LogP contribution >= 0.6 is 0 Å². The van der Waals surface area contributed by atoms with Gasteiger partial charge in [0.1, 0.15) is 11.9 Å². The molecule has 0 spiro atoms. The number of piperidine rings is 1. The van der Waals surface area contributed by atoms with E-state index in [0.717, 1.165) is 80.2 Å². The molecule has 0 bridgehead atoms. The third-order valence-corrected chi connectivity index (χ3v) is 9.15. The number of carbonyl (C=O) groups is 2. The van der Waals surface area contributed by atoms with Crippen LogP contribution in [0.15, 0.2) is 36.2 Å². The van der Waals surface area contributed by atoms with E-state index < -0.39 is 12.0 Å². The Hall–Kier alpha value is -3.72. The number of aliphatic carboxylic acids is 1. The number of fused-ring (bicyclic) bond motifs is 1. The van der Waals surface area contributed by atoms with E-state index in [2.05, 4.69) is 21.3 Å². The zero-order chi connectivity index (χ0) is 34.1. The van der Waals surface area contributed by atoms with Crippen LogP contribution in [-0.4, -0.2) is 101 Å². The van der Waals surface area contributed by atoms with Crippen LogP contribution in [0.25, 0.3) is 10.9 Å². The van der Waals surface area contributed by atoms with E-state index in [1.54, 1.807) is 16.1 Å². The summed E-state index contributed by atoms with van der Waals surface area (Å²) >= 11 is 0. The Morgan fingerprint density at radius 1 is 0.979 bits per heavy atom. The molecule has 1 aliphatic carbocycles. The number of hydrazine groups is 1. The van der Waals surface area contributed by atoms with Gasteiger partial charge in [-0.25, -0.2) is 10.8 Å². The standard InChI is InChI=1S/C34H57N11O3/c35-25(8-6-17-38-18-7-19-39-26-9-2-1-3-10-26)24-45(37)23-20-40-34-42-30-12-5-4-11-28(30)32(43-34)41-27-15-21-44(22-16-27)31(46)14-13-29(36)33(47)48/h4-5,11-12,24,26-27,29,38-39H,1-3,6-10,13-23,35-37H2,(H,47,48)(H2,40,41,42,43)/b25-24-. The van der Waals surface area contributed by atoms with Crippen molar-refractivity contribution in [1.82, 2.24) is 30.5 Å². The van der Waals surface area contributed by atoms with Gasteiger partial charge in [0.05, 0.1) is 12.1 Å². The predicted molar refractivity (Wildman–Crippen MR) is 191 cm³/mol. The van der Waals surface area contributed by atoms with Crippen molar-refractivity contribution in [1.29, 1.82) is 0 Å². The molecule has 1 unspecified atom stereocenters. The number of aromatic nitrogens is 2. The number of nitrogens with one attached hydrogen (secondary N) is 4. The molecule has 2 aliphatic rings. The molecule has 2 heterocycles. The number of carboxylic acids is 1. The lowest BCUT2D eigenvalue weighted by molar-refractivity contribution is -0.139. The van der Waals surface area contributed by atoms with Crippen molar-refractivity contribution in [3.8, 4) is 0 Å². The van der Waals surface area contributed by atoms with Gasteiger partial charge in [-0.1, -0.05) is 31.4 Å². The van der Waals surface area contributed by atoms with Crippen LogP contribution < -0.4 is 38.6 Å². The Morgan fingerprint density at radius 3 is 2.50 bits per heavy atom. The highest BCUT2D eigenvalue weighted by molar-refractivity contribution is 5.90. The summed E-state index contributed by atoms with van der Waals surface area (Å²) in [5.41, 5.74) is 13.4. The summed E-state index contributed by atoms with van der Waals surface area (Å²) in [6, 6.07) is 7.69. The highest BCUT2D eigenvalue weighted by atomic mass is 16.4. The van der Waals surface area contributed by atoms with Gasteiger partial charge in [-0.15, -0.1) is 0 Å². The van der Waals surface area contributed by atoms with Crippen molar-refractivity contribution in [2.24, 2.45) is 17.3 Å². The van der Waals surface area contributed by atoms with Crippen molar-refractivity contribution in [3.63, 3.8) is 0 Å². The van der Waals surface area contributed by atoms with E-state index >= 15 is 0 Å². The molecule has 1 aromatic carbocycles. The molecule has 11 N–H and O–H groups in total. The van der Waals surface area contributed by atoms with Crippen LogP contribution in [-0.2, 0) is 9.59 Å². The number of amides is 1. The fourth-order valence-electron chi connectivity index (χ4n) is 6.30. The molecule has 266 valence electrons. The second-order valence-corrected chi connectivity index (χ2v) is 13.1. The normalized spacial score (nSPS) is 17.0. The molecule has 2 fully saturated rings. The predicted octanol–water partition coefficient (Wildman–Crippen LogP) is 2.29. The Kier molecular flexibility index (Phi) is 15.4. The Bertz CT molecular complexity index is 1310. The minimum absolute atomic E-state index is 0.0601. The number of allylic oxidation sites excluding steroid dienone is 1. The number of rotatable bonds is 20. The summed E-state index contributed by atoms with van der Waals surface area (Å²) in [5.74, 6) is 6.31. The van der Waals surface area contributed by atoms with Crippen LogP contribution in [0.3, 0.4) is 0 Å². The molecule has 1 aromatic heterocycles. The maximum Gasteiger partial charge on any atom is 0.320 e. The summed E-state index contributed by atoms with van der Waals surface area (Å²) in [4.78, 5) is 34.8. The lowest BCUT2D eigenvalue weighted by atomic mass is 9.95. The van der Waals surface area contributed by atoms with Crippen LogP contribution in [0.1, 0.15) is 77.0 Å². The first-order valence-corrected chi connectivity index (χ1v) is 17.7. The Balaban J connectivity index is 1.15. The lowest BCUT2D eigenvalue weighted by Crippen LogP contribution is -2.43. The quantitative estimate of drug-likeness (QED) is 0.0579. The zero-order valence-electron chi connectivity index (χ0n) is 28.3. The number of anilines is 2. The van der Waals surface area contributed by atoms with E-state index in [4.69, 9.17) is 32.4 Å². The number of carboxylic acid groups (broad SMARTS) is 1. The van der Waals surface area contributed by atoms with Gasteiger partial charge >= 0.3 is 5.97 Å². The molecule has 48 heavy (non-hydrogen) atoms. The van der Waals surface area contributed by atoms with Gasteiger partial charge in [-0.2, -0.15) is 4.98 Å². The van der Waals surface area contributed by atoms with Crippen LogP contribution in [0.2, 0.25) is 0 Å². The van der Waals surface area contributed by atoms with E-state index in [9.17, 15) is 9.59 Å². The molecule has 1 saturated heterocycles. The Morgan fingerprint density at radius 2 is 1.73 bits per heavy atom. The van der Waals surface area contributed by atoms with E-state index in [1.807, 2.05) is 24.3 Å². The summed E-state index contributed by atoms with van der Waals surface area (Å²) in [7, 11) is 0. The van der Waals surface area contributed by atoms with Gasteiger partial charge in [0.15, 0.2) is 0 Å². The molecule has 1 atom stereocenters. The topological polar surface area (TPSA) is 213 Å². The van der Waals surface area contributed by atoms with Crippen molar-refractivity contribution in [2.75, 3.05) is 56.4 Å². The maximum absolute atomic E-state index is 12.6. The van der Waals surface area contributed by atoms with E-state index in [1.165, 1.54) is 32.1 Å². The van der Waals surface area contributed by atoms with Gasteiger partial charge in [-0.3, -0.25) is 9.59 Å². The number of nitrogens with two attached hydrogens (primary N) is 3. The van der Waals surface area contributed by atoms with E-state index in [-0.39, 0.29) is 24.8 Å². The first-order valence-electron chi connectivity index (χ1n) is 17.7. The number of para-hydroxylation sites is 1. The molecule has 4 rings (SSSR count). The molecule has 2 aromatic rings. The van der Waals surface area contributed by atoms with Gasteiger partial charge < -0.3 is 47.7 Å². The number of benzene rings is 1. The fourth-order valence-corrected chi connectivity index (χ4v) is 6.30. The molecular formula is C34H57N11O3. The highest BCUT2D eigenvalue weighted by Crippen LogP contribution is 2.25. The SMILES string of the molecule is N/C(=C\N(N)CCNc1nc(NC2CCN(C(=O)CCC(N)C(=O)O)CC2)c2ccccc2n1)CCCNCCCNC1CCCCC1. The summed E-state index contributed by atoms with van der Waals surface area (Å²) in [6.07, 6.45) is 13.2. The summed E-state index contributed by atoms with van der Waals surface area (Å²) in [6.45, 7) is 5.25. The van der Waals surface area contributed by atoms with Gasteiger partial charge in [0.25, 0.3) is 0 Å². The van der Waals surface area contributed by atoms with Crippen LogP contribution in [0, 0.1) is 0 Å². The second-order valence-electron chi connectivity index (χ2n) is 13.1. The average molecular weight is 668 g/mol. The molecule has 1 aliphatic heterocycles. The summed E-state index contributed by atoms with van der Waals surface area (Å²) < 4.78 is 0. The molecule has 1 amide bonds. The largest absolute Gasteiger partial charge is 0.480 e. The van der Waals surface area contributed by atoms with Gasteiger partial charge in [-0.05, 0) is 83.1 Å². The first kappa shape index (κ1) is 37.1.